The SMILES string of the molecule is CC(NC(=O)c1ccnc(F)c1F)c1cn[nH]c1. The summed E-state index contributed by atoms with van der Waals surface area (Å²) in [6, 6.07) is 0.752. The summed E-state index contributed by atoms with van der Waals surface area (Å²) in [4.78, 5) is 14.9. The van der Waals surface area contributed by atoms with E-state index >= 15 is 0 Å². The molecule has 0 fully saturated rings. The first-order chi connectivity index (χ1) is 8.59. The summed E-state index contributed by atoms with van der Waals surface area (Å²) in [7, 11) is 0. The molecule has 7 heteroatoms. The second-order valence-electron chi connectivity index (χ2n) is 3.69. The number of hydrogen-bond acceptors (Lipinski definition) is 3. The van der Waals surface area contributed by atoms with E-state index in [9.17, 15) is 13.6 Å². The second kappa shape index (κ2) is 4.91. The molecule has 2 aromatic heterocycles. The first kappa shape index (κ1) is 12.2. The van der Waals surface area contributed by atoms with E-state index in [1.807, 2.05) is 0 Å². The van der Waals surface area contributed by atoms with Crippen LogP contribution in [0.2, 0.25) is 0 Å². The first-order valence-electron chi connectivity index (χ1n) is 5.19. The van der Waals surface area contributed by atoms with Gasteiger partial charge in [0.1, 0.15) is 0 Å². The fourth-order valence-corrected chi connectivity index (χ4v) is 1.45. The van der Waals surface area contributed by atoms with Gasteiger partial charge in [0.05, 0.1) is 17.8 Å². The molecule has 0 aliphatic heterocycles. The quantitative estimate of drug-likeness (QED) is 0.814. The fraction of sp³-hybridized carbons (Fsp3) is 0.182. The minimum Gasteiger partial charge on any atom is -0.345 e. The van der Waals surface area contributed by atoms with Crippen molar-refractivity contribution in [2.45, 2.75) is 13.0 Å². The Bertz CT molecular complexity index is 556. The number of amides is 1. The number of H-pyrrole nitrogens is 1. The van der Waals surface area contributed by atoms with Crippen molar-refractivity contribution in [3.8, 4) is 0 Å². The van der Waals surface area contributed by atoms with Crippen LogP contribution >= 0.6 is 0 Å². The molecule has 2 rings (SSSR count). The van der Waals surface area contributed by atoms with E-state index in [0.717, 1.165) is 17.8 Å². The summed E-state index contributed by atoms with van der Waals surface area (Å²) in [5.41, 5.74) is 0.358. The number of nitrogens with zero attached hydrogens (tertiary/aromatic N) is 2. The van der Waals surface area contributed by atoms with Crippen LogP contribution in [0.1, 0.15) is 28.9 Å². The second-order valence-corrected chi connectivity index (χ2v) is 3.69. The number of carbonyl (C=O) groups excluding carboxylic acids is 1. The molecule has 0 spiro atoms. The predicted octanol–water partition coefficient (Wildman–Crippen LogP) is 1.57. The molecule has 0 bridgehead atoms. The number of pyridine rings is 1. The van der Waals surface area contributed by atoms with Gasteiger partial charge >= 0.3 is 0 Å². The van der Waals surface area contributed by atoms with E-state index in [0.29, 0.717) is 0 Å². The molecule has 94 valence electrons. The van der Waals surface area contributed by atoms with Gasteiger partial charge < -0.3 is 5.32 Å². The lowest BCUT2D eigenvalue weighted by Crippen LogP contribution is -2.27. The van der Waals surface area contributed by atoms with Gasteiger partial charge in [-0.1, -0.05) is 0 Å². The zero-order valence-electron chi connectivity index (χ0n) is 9.45. The Kier molecular flexibility index (Phi) is 3.31. The third-order valence-corrected chi connectivity index (χ3v) is 2.46. The number of halogens is 2. The highest BCUT2D eigenvalue weighted by molar-refractivity contribution is 5.94. The van der Waals surface area contributed by atoms with Crippen molar-refractivity contribution in [1.82, 2.24) is 20.5 Å². The minimum absolute atomic E-state index is 0.369. The molecule has 0 saturated carbocycles. The van der Waals surface area contributed by atoms with Crippen molar-refractivity contribution in [2.75, 3.05) is 0 Å². The Labute approximate surface area is 101 Å². The summed E-state index contributed by atoms with van der Waals surface area (Å²) in [5.74, 6) is -3.25. The van der Waals surface area contributed by atoms with Crippen molar-refractivity contribution >= 4 is 5.91 Å². The molecule has 2 heterocycles. The zero-order valence-corrected chi connectivity index (χ0v) is 9.45. The first-order valence-corrected chi connectivity index (χ1v) is 5.19. The van der Waals surface area contributed by atoms with Crippen molar-refractivity contribution < 1.29 is 13.6 Å². The zero-order chi connectivity index (χ0) is 13.1. The molecule has 0 aliphatic carbocycles. The largest absolute Gasteiger partial charge is 0.345 e. The minimum atomic E-state index is -1.29. The molecule has 18 heavy (non-hydrogen) atoms. The smallest absolute Gasteiger partial charge is 0.254 e. The van der Waals surface area contributed by atoms with Crippen molar-refractivity contribution in [3.63, 3.8) is 0 Å². The van der Waals surface area contributed by atoms with E-state index in [1.165, 1.54) is 6.20 Å². The lowest BCUT2D eigenvalue weighted by Gasteiger charge is -2.12. The molecule has 1 atom stereocenters. The summed E-state index contributed by atoms with van der Waals surface area (Å²) in [5, 5.41) is 8.87. The van der Waals surface area contributed by atoms with Crippen LogP contribution in [0.3, 0.4) is 0 Å². The van der Waals surface area contributed by atoms with Crippen LogP contribution in [-0.2, 0) is 0 Å². The van der Waals surface area contributed by atoms with Crippen LogP contribution in [0.25, 0.3) is 0 Å². The molecule has 0 radical (unpaired) electrons. The Balaban J connectivity index is 2.15. The van der Waals surface area contributed by atoms with E-state index in [-0.39, 0.29) is 11.6 Å². The fourth-order valence-electron chi connectivity index (χ4n) is 1.45. The number of aromatic nitrogens is 3. The van der Waals surface area contributed by atoms with Gasteiger partial charge in [0.15, 0.2) is 5.82 Å². The van der Waals surface area contributed by atoms with Gasteiger partial charge in [-0.05, 0) is 13.0 Å². The van der Waals surface area contributed by atoms with Crippen LogP contribution in [0.15, 0.2) is 24.7 Å². The van der Waals surface area contributed by atoms with Crippen LogP contribution in [0, 0.1) is 11.8 Å². The molecule has 1 unspecified atom stereocenters. The van der Waals surface area contributed by atoms with Gasteiger partial charge in [0.25, 0.3) is 5.91 Å². The number of nitrogens with one attached hydrogen (secondary N) is 2. The van der Waals surface area contributed by atoms with E-state index in [4.69, 9.17) is 0 Å². The van der Waals surface area contributed by atoms with E-state index in [2.05, 4.69) is 20.5 Å². The summed E-state index contributed by atoms with van der Waals surface area (Å²) in [6.45, 7) is 1.71. The Morgan fingerprint density at radius 3 is 2.94 bits per heavy atom. The van der Waals surface area contributed by atoms with Crippen LogP contribution in [-0.4, -0.2) is 21.1 Å². The van der Waals surface area contributed by atoms with Crippen LogP contribution in [0.5, 0.6) is 0 Å². The molecule has 0 aromatic carbocycles. The average Bonchev–Trinajstić information content (AvgIpc) is 2.86. The summed E-state index contributed by atoms with van der Waals surface area (Å²) in [6.07, 6.45) is 4.18. The molecule has 2 N–H and O–H groups in total. The average molecular weight is 252 g/mol. The maximum Gasteiger partial charge on any atom is 0.254 e. The maximum atomic E-state index is 13.3. The molecular formula is C11H10F2N4O. The lowest BCUT2D eigenvalue weighted by molar-refractivity contribution is 0.0934. The van der Waals surface area contributed by atoms with Gasteiger partial charge in [-0.2, -0.15) is 9.49 Å². The van der Waals surface area contributed by atoms with Gasteiger partial charge in [0, 0.05) is 18.0 Å². The number of hydrogen-bond donors (Lipinski definition) is 2. The molecular weight excluding hydrogens is 242 g/mol. The third-order valence-electron chi connectivity index (χ3n) is 2.46. The highest BCUT2D eigenvalue weighted by Crippen LogP contribution is 2.13. The topological polar surface area (TPSA) is 70.7 Å². The normalized spacial score (nSPS) is 12.2. The predicted molar refractivity (Wildman–Crippen MR) is 58.6 cm³/mol. The van der Waals surface area contributed by atoms with E-state index < -0.39 is 17.7 Å². The third kappa shape index (κ3) is 2.34. The molecule has 1 amide bonds. The van der Waals surface area contributed by atoms with Crippen LogP contribution in [0.4, 0.5) is 8.78 Å². The molecule has 0 saturated heterocycles. The van der Waals surface area contributed by atoms with Gasteiger partial charge in [-0.3, -0.25) is 9.89 Å². The number of aromatic amines is 1. The van der Waals surface area contributed by atoms with Crippen molar-refractivity contribution in [2.24, 2.45) is 0 Å². The van der Waals surface area contributed by atoms with E-state index in [1.54, 1.807) is 13.1 Å². The van der Waals surface area contributed by atoms with Gasteiger partial charge in [-0.15, -0.1) is 0 Å². The monoisotopic (exact) mass is 252 g/mol. The van der Waals surface area contributed by atoms with Crippen molar-refractivity contribution in [1.29, 1.82) is 0 Å². The number of rotatable bonds is 3. The lowest BCUT2D eigenvalue weighted by atomic mass is 10.1. The van der Waals surface area contributed by atoms with Gasteiger partial charge in [-0.25, -0.2) is 9.37 Å². The highest BCUT2D eigenvalue weighted by Gasteiger charge is 2.18. The molecule has 2 aromatic rings. The van der Waals surface area contributed by atoms with Crippen molar-refractivity contribution in [3.05, 3.63) is 47.5 Å². The highest BCUT2D eigenvalue weighted by atomic mass is 19.2. The maximum absolute atomic E-state index is 13.3. The Morgan fingerprint density at radius 2 is 2.28 bits per heavy atom. The van der Waals surface area contributed by atoms with Crippen LogP contribution < -0.4 is 5.32 Å². The summed E-state index contributed by atoms with van der Waals surface area (Å²) < 4.78 is 26.2. The number of carbonyl (C=O) groups is 1. The standard InChI is InChI=1S/C11H10F2N4O/c1-6(7-4-15-16-5-7)17-11(18)8-2-3-14-10(13)9(8)12/h2-6H,1H3,(H,15,16)(H,17,18). The van der Waals surface area contributed by atoms with Gasteiger partial charge in [0.2, 0.25) is 5.95 Å². The summed E-state index contributed by atoms with van der Waals surface area (Å²) >= 11 is 0. The molecule has 0 aliphatic rings. The Hall–Kier alpha value is -2.31. The molecule has 5 nitrogen and oxygen atoms in total. The Morgan fingerprint density at radius 1 is 1.50 bits per heavy atom.